The number of carbonyl (C=O) groups is 1. The Bertz CT molecular complexity index is 304. The molecule has 1 heterocycles. The zero-order chi connectivity index (χ0) is 9.00. The Kier molecular flexibility index (Phi) is 1.31. The molecule has 1 amide bonds. The SMILES string of the molecule is C#CC1C2CCC1C1C(=O)NCC21. The molecule has 2 saturated carbocycles. The summed E-state index contributed by atoms with van der Waals surface area (Å²) in [6.45, 7) is 0.878. The number of hydrogen-bond donors (Lipinski definition) is 1. The highest BCUT2D eigenvalue weighted by molar-refractivity contribution is 5.82. The molecule has 1 aliphatic heterocycles. The molecule has 2 bridgehead atoms. The monoisotopic (exact) mass is 175 g/mol. The van der Waals surface area contributed by atoms with Crippen LogP contribution in [0.4, 0.5) is 0 Å². The minimum Gasteiger partial charge on any atom is -0.356 e. The molecule has 3 rings (SSSR count). The van der Waals surface area contributed by atoms with Crippen molar-refractivity contribution in [2.75, 3.05) is 6.54 Å². The van der Waals surface area contributed by atoms with Crippen LogP contribution in [0.5, 0.6) is 0 Å². The third-order valence-corrected chi connectivity index (χ3v) is 4.24. The van der Waals surface area contributed by atoms with Gasteiger partial charge in [0.05, 0.1) is 0 Å². The van der Waals surface area contributed by atoms with Gasteiger partial charge in [-0.15, -0.1) is 12.3 Å². The zero-order valence-electron chi connectivity index (χ0n) is 7.49. The molecule has 13 heavy (non-hydrogen) atoms. The Hall–Kier alpha value is -0.970. The van der Waals surface area contributed by atoms with Crippen LogP contribution in [0.25, 0.3) is 0 Å². The summed E-state index contributed by atoms with van der Waals surface area (Å²) in [5, 5.41) is 2.96. The predicted octanol–water partition coefficient (Wildman–Crippen LogP) is 0.638. The first-order valence-electron chi connectivity index (χ1n) is 5.07. The quantitative estimate of drug-likeness (QED) is 0.538. The van der Waals surface area contributed by atoms with Crippen LogP contribution in [0.15, 0.2) is 0 Å². The van der Waals surface area contributed by atoms with Crippen LogP contribution in [0.3, 0.4) is 0 Å². The second kappa shape index (κ2) is 2.29. The highest BCUT2D eigenvalue weighted by Gasteiger charge is 2.58. The zero-order valence-corrected chi connectivity index (χ0v) is 7.49. The maximum absolute atomic E-state index is 11.5. The van der Waals surface area contributed by atoms with E-state index in [4.69, 9.17) is 6.42 Å². The van der Waals surface area contributed by atoms with E-state index in [1.165, 1.54) is 12.8 Å². The van der Waals surface area contributed by atoms with Gasteiger partial charge in [0.1, 0.15) is 0 Å². The Morgan fingerprint density at radius 3 is 2.77 bits per heavy atom. The number of fused-ring (bicyclic) bond motifs is 5. The molecule has 3 fully saturated rings. The maximum Gasteiger partial charge on any atom is 0.223 e. The summed E-state index contributed by atoms with van der Waals surface area (Å²) in [5.41, 5.74) is 0. The van der Waals surface area contributed by atoms with Crippen LogP contribution in [-0.4, -0.2) is 12.5 Å². The lowest BCUT2D eigenvalue weighted by Crippen LogP contribution is -2.25. The predicted molar refractivity (Wildman–Crippen MR) is 48.5 cm³/mol. The van der Waals surface area contributed by atoms with Gasteiger partial charge < -0.3 is 5.32 Å². The summed E-state index contributed by atoms with van der Waals surface area (Å²) >= 11 is 0. The maximum atomic E-state index is 11.5. The van der Waals surface area contributed by atoms with Crippen molar-refractivity contribution in [2.24, 2.45) is 29.6 Å². The van der Waals surface area contributed by atoms with E-state index < -0.39 is 0 Å². The summed E-state index contributed by atoms with van der Waals surface area (Å²) in [6.07, 6.45) is 7.94. The van der Waals surface area contributed by atoms with Crippen molar-refractivity contribution in [3.63, 3.8) is 0 Å². The molecule has 1 saturated heterocycles. The number of amides is 1. The van der Waals surface area contributed by atoms with Gasteiger partial charge in [-0.25, -0.2) is 0 Å². The van der Waals surface area contributed by atoms with E-state index in [0.29, 0.717) is 23.7 Å². The lowest BCUT2D eigenvalue weighted by Gasteiger charge is -2.20. The number of carbonyl (C=O) groups excluding carboxylic acids is 1. The van der Waals surface area contributed by atoms with E-state index in [1.54, 1.807) is 0 Å². The van der Waals surface area contributed by atoms with E-state index in [2.05, 4.69) is 11.2 Å². The van der Waals surface area contributed by atoms with Crippen LogP contribution >= 0.6 is 0 Å². The Morgan fingerprint density at radius 1 is 1.31 bits per heavy atom. The molecule has 2 aliphatic carbocycles. The van der Waals surface area contributed by atoms with Gasteiger partial charge in [-0.2, -0.15) is 0 Å². The summed E-state index contributed by atoms with van der Waals surface area (Å²) in [6, 6.07) is 0. The summed E-state index contributed by atoms with van der Waals surface area (Å²) in [5.74, 6) is 5.53. The fourth-order valence-electron chi connectivity index (χ4n) is 3.78. The Labute approximate surface area is 78.1 Å². The van der Waals surface area contributed by atoms with Crippen molar-refractivity contribution in [3.8, 4) is 12.3 Å². The third kappa shape index (κ3) is 0.733. The first-order valence-corrected chi connectivity index (χ1v) is 5.07. The highest BCUT2D eigenvalue weighted by Crippen LogP contribution is 2.57. The fourth-order valence-corrected chi connectivity index (χ4v) is 3.78. The number of terminal acetylenes is 1. The van der Waals surface area contributed by atoms with Gasteiger partial charge in [0.15, 0.2) is 0 Å². The summed E-state index contributed by atoms with van der Waals surface area (Å²) < 4.78 is 0. The first-order chi connectivity index (χ1) is 6.33. The van der Waals surface area contributed by atoms with Crippen molar-refractivity contribution >= 4 is 5.91 Å². The molecule has 5 atom stereocenters. The van der Waals surface area contributed by atoms with E-state index in [9.17, 15) is 4.79 Å². The van der Waals surface area contributed by atoms with E-state index in [-0.39, 0.29) is 11.8 Å². The largest absolute Gasteiger partial charge is 0.356 e. The molecule has 5 unspecified atom stereocenters. The second-order valence-electron chi connectivity index (χ2n) is 4.53. The van der Waals surface area contributed by atoms with E-state index >= 15 is 0 Å². The van der Waals surface area contributed by atoms with Gasteiger partial charge in [0.2, 0.25) is 5.91 Å². The Morgan fingerprint density at radius 2 is 2.08 bits per heavy atom. The van der Waals surface area contributed by atoms with Crippen LogP contribution in [0, 0.1) is 41.9 Å². The van der Waals surface area contributed by atoms with Crippen molar-refractivity contribution in [3.05, 3.63) is 0 Å². The van der Waals surface area contributed by atoms with Gasteiger partial charge in [-0.05, 0) is 30.6 Å². The molecule has 0 spiro atoms. The lowest BCUT2D eigenvalue weighted by molar-refractivity contribution is -0.124. The molecule has 68 valence electrons. The van der Waals surface area contributed by atoms with Crippen LogP contribution in [0.2, 0.25) is 0 Å². The average molecular weight is 175 g/mol. The molecule has 2 nitrogen and oxygen atoms in total. The molecule has 0 aromatic carbocycles. The van der Waals surface area contributed by atoms with E-state index in [1.807, 2.05) is 0 Å². The first kappa shape index (κ1) is 7.44. The van der Waals surface area contributed by atoms with Gasteiger partial charge in [-0.1, -0.05) is 0 Å². The van der Waals surface area contributed by atoms with Crippen molar-refractivity contribution < 1.29 is 4.79 Å². The molecule has 0 radical (unpaired) electrons. The number of nitrogens with one attached hydrogen (secondary N) is 1. The van der Waals surface area contributed by atoms with Gasteiger partial charge in [-0.3, -0.25) is 4.79 Å². The van der Waals surface area contributed by atoms with Crippen molar-refractivity contribution in [2.45, 2.75) is 12.8 Å². The molecular weight excluding hydrogens is 162 g/mol. The van der Waals surface area contributed by atoms with Crippen LogP contribution < -0.4 is 5.32 Å². The third-order valence-electron chi connectivity index (χ3n) is 4.24. The topological polar surface area (TPSA) is 29.1 Å². The van der Waals surface area contributed by atoms with Crippen LogP contribution in [-0.2, 0) is 4.79 Å². The smallest absolute Gasteiger partial charge is 0.223 e. The molecule has 0 aromatic rings. The normalized spacial score (nSPS) is 51.6. The number of rotatable bonds is 0. The van der Waals surface area contributed by atoms with Crippen molar-refractivity contribution in [1.82, 2.24) is 5.32 Å². The van der Waals surface area contributed by atoms with Crippen LogP contribution in [0.1, 0.15) is 12.8 Å². The molecular formula is C11H13NO. The molecule has 2 heteroatoms. The minimum absolute atomic E-state index is 0.262. The minimum atomic E-state index is 0.262. The van der Waals surface area contributed by atoms with Gasteiger partial charge in [0.25, 0.3) is 0 Å². The average Bonchev–Trinajstić information content (AvgIpc) is 2.75. The second-order valence-corrected chi connectivity index (χ2v) is 4.53. The standard InChI is InChI=1S/C11H13NO/c1-2-6-7-3-4-8(6)10-9(7)5-12-11(10)13/h1,6-10H,3-5H2,(H,12,13). The molecule has 1 N–H and O–H groups in total. The summed E-state index contributed by atoms with van der Waals surface area (Å²) in [4.78, 5) is 11.5. The number of hydrogen-bond acceptors (Lipinski definition) is 1. The Balaban J connectivity index is 1.99. The summed E-state index contributed by atoms with van der Waals surface area (Å²) in [7, 11) is 0. The lowest BCUT2D eigenvalue weighted by atomic mass is 9.81. The highest BCUT2D eigenvalue weighted by atomic mass is 16.2. The van der Waals surface area contributed by atoms with Gasteiger partial charge in [0, 0.05) is 18.4 Å². The fraction of sp³-hybridized carbons (Fsp3) is 0.727. The van der Waals surface area contributed by atoms with E-state index in [0.717, 1.165) is 6.54 Å². The van der Waals surface area contributed by atoms with Gasteiger partial charge >= 0.3 is 0 Å². The molecule has 0 aromatic heterocycles. The van der Waals surface area contributed by atoms with Crippen molar-refractivity contribution in [1.29, 1.82) is 0 Å². The molecule has 3 aliphatic rings.